The van der Waals surface area contributed by atoms with Gasteiger partial charge in [-0.15, -0.1) is 0 Å². The lowest BCUT2D eigenvalue weighted by atomic mass is 9.98. The summed E-state index contributed by atoms with van der Waals surface area (Å²) in [7, 11) is 0. The molecule has 1 saturated carbocycles. The highest BCUT2D eigenvalue weighted by molar-refractivity contribution is 7.98. The zero-order chi connectivity index (χ0) is 18.4. The average molecular weight is 405 g/mol. The van der Waals surface area contributed by atoms with Crippen LogP contribution in [0, 0.1) is 17.7 Å². The number of nitrogens with zero attached hydrogens (tertiary/aromatic N) is 4. The van der Waals surface area contributed by atoms with Gasteiger partial charge in [-0.2, -0.15) is 13.8 Å². The van der Waals surface area contributed by atoms with Gasteiger partial charge in [-0.3, -0.25) is 0 Å². The van der Waals surface area contributed by atoms with E-state index in [1.807, 2.05) is 4.90 Å². The first-order valence-corrected chi connectivity index (χ1v) is 9.87. The molecule has 0 N–H and O–H groups in total. The molecule has 2 fully saturated rings. The topological polar surface area (TPSA) is 51.1 Å². The molecule has 0 radical (unpaired) electrons. The van der Waals surface area contributed by atoms with E-state index in [1.165, 1.54) is 11.8 Å². The van der Waals surface area contributed by atoms with Gasteiger partial charge in [-0.05, 0) is 37.4 Å². The summed E-state index contributed by atoms with van der Waals surface area (Å²) >= 11 is 7.02. The molecule has 0 spiro atoms. The SMILES string of the molecule is CSc1nc(N2CC3CCC(C3)C2)c2c(OC(F)F)nc(Cl)c(F)c2n1. The number of halogens is 4. The molecule has 2 aromatic heterocycles. The van der Waals surface area contributed by atoms with Gasteiger partial charge in [0.05, 0.1) is 0 Å². The Hall–Kier alpha value is -1.48. The van der Waals surface area contributed by atoms with Gasteiger partial charge in [0, 0.05) is 13.1 Å². The van der Waals surface area contributed by atoms with Crippen LogP contribution in [-0.4, -0.2) is 40.9 Å². The van der Waals surface area contributed by atoms with Crippen LogP contribution in [0.5, 0.6) is 5.88 Å². The molecule has 2 atom stereocenters. The van der Waals surface area contributed by atoms with Crippen molar-refractivity contribution in [2.75, 3.05) is 24.2 Å². The number of aromatic nitrogens is 3. The third-order valence-corrected chi connectivity index (χ3v) is 5.76. The largest absolute Gasteiger partial charge is 0.416 e. The Kier molecular flexibility index (Phi) is 4.77. The highest BCUT2D eigenvalue weighted by Gasteiger charge is 2.35. The molecule has 3 heterocycles. The second kappa shape index (κ2) is 6.92. The van der Waals surface area contributed by atoms with E-state index in [0.29, 0.717) is 22.8 Å². The van der Waals surface area contributed by atoms with Crippen LogP contribution in [-0.2, 0) is 0 Å². The Morgan fingerprint density at radius 1 is 1.19 bits per heavy atom. The summed E-state index contributed by atoms with van der Waals surface area (Å²) in [6.07, 6.45) is 5.20. The van der Waals surface area contributed by atoms with Crippen molar-refractivity contribution in [2.24, 2.45) is 11.8 Å². The van der Waals surface area contributed by atoms with Crippen LogP contribution in [0.4, 0.5) is 19.0 Å². The second-order valence-corrected chi connectivity index (χ2v) is 7.74. The molecule has 1 saturated heterocycles. The zero-order valence-corrected chi connectivity index (χ0v) is 15.5. The third kappa shape index (κ3) is 3.15. The summed E-state index contributed by atoms with van der Waals surface area (Å²) < 4.78 is 44.9. The van der Waals surface area contributed by atoms with Crippen LogP contribution < -0.4 is 9.64 Å². The number of pyridine rings is 1. The summed E-state index contributed by atoms with van der Waals surface area (Å²) in [6.45, 7) is -1.62. The van der Waals surface area contributed by atoms with E-state index in [0.717, 1.165) is 32.4 Å². The van der Waals surface area contributed by atoms with Gasteiger partial charge in [0.1, 0.15) is 16.7 Å². The van der Waals surface area contributed by atoms with E-state index in [2.05, 4.69) is 19.7 Å². The number of piperidine rings is 1. The van der Waals surface area contributed by atoms with Crippen LogP contribution in [0.3, 0.4) is 0 Å². The Balaban J connectivity index is 1.93. The average Bonchev–Trinajstić information content (AvgIpc) is 2.95. The van der Waals surface area contributed by atoms with Crippen molar-refractivity contribution in [3.05, 3.63) is 11.0 Å². The molecular weight excluding hydrogens is 389 g/mol. The molecule has 4 rings (SSSR count). The molecular formula is C16H16ClF3N4OS. The maximum Gasteiger partial charge on any atom is 0.388 e. The number of hydrogen-bond acceptors (Lipinski definition) is 6. The molecule has 0 amide bonds. The lowest BCUT2D eigenvalue weighted by Gasteiger charge is -2.33. The van der Waals surface area contributed by atoms with Gasteiger partial charge in [-0.25, -0.2) is 14.4 Å². The van der Waals surface area contributed by atoms with Gasteiger partial charge in [0.2, 0.25) is 5.88 Å². The number of hydrogen-bond donors (Lipinski definition) is 0. The van der Waals surface area contributed by atoms with Crippen LogP contribution in [0.25, 0.3) is 10.9 Å². The molecule has 1 aliphatic heterocycles. The first-order chi connectivity index (χ1) is 12.5. The van der Waals surface area contributed by atoms with E-state index >= 15 is 0 Å². The van der Waals surface area contributed by atoms with Gasteiger partial charge in [-0.1, -0.05) is 23.4 Å². The maximum atomic E-state index is 14.6. The molecule has 2 aromatic rings. The normalized spacial score (nSPS) is 22.5. The predicted molar refractivity (Wildman–Crippen MR) is 93.8 cm³/mol. The van der Waals surface area contributed by atoms with E-state index < -0.39 is 23.5 Å². The van der Waals surface area contributed by atoms with E-state index in [4.69, 9.17) is 11.6 Å². The highest BCUT2D eigenvalue weighted by atomic mass is 35.5. The fraction of sp³-hybridized carbons (Fsp3) is 0.562. The molecule has 1 aliphatic carbocycles. The van der Waals surface area contributed by atoms with Gasteiger partial charge in [0.15, 0.2) is 16.1 Å². The quantitative estimate of drug-likeness (QED) is 0.428. The summed E-state index contributed by atoms with van der Waals surface area (Å²) in [5.41, 5.74) is -0.145. The van der Waals surface area contributed by atoms with Gasteiger partial charge in [0.25, 0.3) is 0 Å². The van der Waals surface area contributed by atoms with Crippen molar-refractivity contribution < 1.29 is 17.9 Å². The lowest BCUT2D eigenvalue weighted by molar-refractivity contribution is -0.0517. The first kappa shape index (κ1) is 17.9. The molecule has 26 heavy (non-hydrogen) atoms. The molecule has 2 bridgehead atoms. The second-order valence-electron chi connectivity index (χ2n) is 6.61. The lowest BCUT2D eigenvalue weighted by Crippen LogP contribution is -2.37. The Bertz CT molecular complexity index is 844. The van der Waals surface area contributed by atoms with Crippen LogP contribution in [0.2, 0.25) is 5.15 Å². The van der Waals surface area contributed by atoms with Gasteiger partial charge >= 0.3 is 6.61 Å². The minimum Gasteiger partial charge on any atom is -0.416 e. The fourth-order valence-corrected chi connectivity index (χ4v) is 4.47. The van der Waals surface area contributed by atoms with Crippen molar-refractivity contribution in [2.45, 2.75) is 31.0 Å². The Morgan fingerprint density at radius 3 is 2.50 bits per heavy atom. The summed E-state index contributed by atoms with van der Waals surface area (Å²) in [5, 5.41) is -0.163. The molecule has 140 valence electrons. The molecule has 0 aromatic carbocycles. The zero-order valence-electron chi connectivity index (χ0n) is 13.9. The van der Waals surface area contributed by atoms with E-state index in [1.54, 1.807) is 6.26 Å². The molecule has 2 unspecified atom stereocenters. The van der Waals surface area contributed by atoms with E-state index in [9.17, 15) is 13.2 Å². The number of fused-ring (bicyclic) bond motifs is 3. The smallest absolute Gasteiger partial charge is 0.388 e. The van der Waals surface area contributed by atoms with Crippen LogP contribution in [0.15, 0.2) is 5.16 Å². The number of ether oxygens (including phenoxy) is 1. The maximum absolute atomic E-state index is 14.6. The van der Waals surface area contributed by atoms with Crippen molar-refractivity contribution in [3.63, 3.8) is 0 Å². The number of anilines is 1. The molecule has 10 heteroatoms. The Morgan fingerprint density at radius 2 is 1.88 bits per heavy atom. The van der Waals surface area contributed by atoms with Crippen LogP contribution >= 0.6 is 23.4 Å². The van der Waals surface area contributed by atoms with Crippen molar-refractivity contribution in [1.82, 2.24) is 15.0 Å². The number of thioether (sulfide) groups is 1. The first-order valence-electron chi connectivity index (χ1n) is 8.26. The number of alkyl halides is 2. The fourth-order valence-electron chi connectivity index (χ4n) is 3.95. The number of rotatable bonds is 4. The monoisotopic (exact) mass is 404 g/mol. The van der Waals surface area contributed by atoms with Gasteiger partial charge < -0.3 is 9.64 Å². The summed E-state index contributed by atoms with van der Waals surface area (Å²) in [6, 6.07) is 0. The van der Waals surface area contributed by atoms with Crippen molar-refractivity contribution >= 4 is 40.1 Å². The Labute approximate surface area is 157 Å². The van der Waals surface area contributed by atoms with Crippen LogP contribution in [0.1, 0.15) is 19.3 Å². The van der Waals surface area contributed by atoms with Crippen molar-refractivity contribution in [3.8, 4) is 5.88 Å². The minimum atomic E-state index is -3.11. The third-order valence-electron chi connectivity index (χ3n) is 4.96. The predicted octanol–water partition coefficient (Wildman–Crippen LogP) is 4.38. The molecule has 2 aliphatic rings. The molecule has 5 nitrogen and oxygen atoms in total. The minimum absolute atomic E-state index is 0.0475. The summed E-state index contributed by atoms with van der Waals surface area (Å²) in [5.74, 6) is 0.140. The summed E-state index contributed by atoms with van der Waals surface area (Å²) in [4.78, 5) is 14.3. The van der Waals surface area contributed by atoms with E-state index in [-0.39, 0.29) is 10.9 Å². The standard InChI is InChI=1S/C16H16ClF3N4OS/c1-26-16-21-11-9(14(25-15(19)20)22-12(17)10(11)18)13(23-16)24-5-7-2-3-8(4-7)6-24/h7-8,15H,2-6H2,1H3. The van der Waals surface area contributed by atoms with Crippen molar-refractivity contribution in [1.29, 1.82) is 0 Å². The highest BCUT2D eigenvalue weighted by Crippen LogP contribution is 2.42.